The van der Waals surface area contributed by atoms with Crippen LogP contribution in [0.5, 0.6) is 0 Å². The molecular formula is C12H18N4O2. The normalized spacial score (nSPS) is 20.4. The highest BCUT2D eigenvalue weighted by Crippen LogP contribution is 2.15. The molecule has 2 rings (SSSR count). The van der Waals surface area contributed by atoms with Crippen molar-refractivity contribution < 1.29 is 9.53 Å². The van der Waals surface area contributed by atoms with Gasteiger partial charge in [0, 0.05) is 13.7 Å². The third kappa shape index (κ3) is 2.95. The third-order valence-electron chi connectivity index (χ3n) is 3.00. The molecule has 0 aromatic carbocycles. The fourth-order valence-electron chi connectivity index (χ4n) is 1.97. The lowest BCUT2D eigenvalue weighted by Crippen LogP contribution is -2.41. The number of nitrogens with zero attached hydrogens (tertiary/aromatic N) is 2. The number of rotatable bonds is 4. The Hall–Kier alpha value is -1.69. The number of nitrogens with one attached hydrogen (secondary N) is 2. The molecule has 2 heterocycles. The Morgan fingerprint density at radius 3 is 3.06 bits per heavy atom. The maximum absolute atomic E-state index is 12.0. The molecular weight excluding hydrogens is 232 g/mol. The monoisotopic (exact) mass is 250 g/mol. The number of amides is 1. The fraction of sp³-hybridized carbons (Fsp3) is 0.583. The summed E-state index contributed by atoms with van der Waals surface area (Å²) in [7, 11) is 1.74. The van der Waals surface area contributed by atoms with E-state index in [-0.39, 0.29) is 18.1 Å². The summed E-state index contributed by atoms with van der Waals surface area (Å²) in [6.07, 6.45) is 5.18. The molecule has 2 atom stereocenters. The predicted molar refractivity (Wildman–Crippen MR) is 67.5 cm³/mol. The topological polar surface area (TPSA) is 76.1 Å². The summed E-state index contributed by atoms with van der Waals surface area (Å²) in [5, 5.41) is 5.75. The molecule has 6 heteroatoms. The molecule has 2 N–H and O–H groups in total. The molecule has 1 aromatic heterocycles. The zero-order valence-corrected chi connectivity index (χ0v) is 10.6. The summed E-state index contributed by atoms with van der Waals surface area (Å²) >= 11 is 0. The van der Waals surface area contributed by atoms with Gasteiger partial charge in [-0.3, -0.25) is 9.78 Å². The first-order valence-corrected chi connectivity index (χ1v) is 6.13. The van der Waals surface area contributed by atoms with Crippen molar-refractivity contribution in [2.45, 2.75) is 31.9 Å². The highest BCUT2D eigenvalue weighted by molar-refractivity contribution is 5.92. The molecule has 98 valence electrons. The largest absolute Gasteiger partial charge is 0.376 e. The summed E-state index contributed by atoms with van der Waals surface area (Å²) in [5.41, 5.74) is 0.312. The van der Waals surface area contributed by atoms with Crippen LogP contribution in [0.4, 0.5) is 5.82 Å². The van der Waals surface area contributed by atoms with Crippen LogP contribution in [0.3, 0.4) is 0 Å². The number of carbonyl (C=O) groups is 1. The Morgan fingerprint density at radius 1 is 1.56 bits per heavy atom. The van der Waals surface area contributed by atoms with Gasteiger partial charge in [-0.05, 0) is 19.8 Å². The van der Waals surface area contributed by atoms with Gasteiger partial charge in [-0.25, -0.2) is 4.98 Å². The molecule has 6 nitrogen and oxygen atoms in total. The van der Waals surface area contributed by atoms with Gasteiger partial charge in [0.05, 0.1) is 24.5 Å². The van der Waals surface area contributed by atoms with Crippen LogP contribution >= 0.6 is 0 Å². The smallest absolute Gasteiger partial charge is 0.271 e. The van der Waals surface area contributed by atoms with Crippen molar-refractivity contribution in [3.8, 4) is 0 Å². The second-order valence-electron chi connectivity index (χ2n) is 4.35. The third-order valence-corrected chi connectivity index (χ3v) is 3.00. The molecule has 0 bridgehead atoms. The second kappa shape index (κ2) is 5.77. The molecule has 2 unspecified atom stereocenters. The van der Waals surface area contributed by atoms with E-state index >= 15 is 0 Å². The molecule has 1 saturated heterocycles. The molecule has 0 aliphatic carbocycles. The first-order valence-electron chi connectivity index (χ1n) is 6.13. The van der Waals surface area contributed by atoms with Gasteiger partial charge >= 0.3 is 0 Å². The van der Waals surface area contributed by atoms with E-state index in [9.17, 15) is 4.79 Å². The highest BCUT2D eigenvalue weighted by Gasteiger charge is 2.24. The van der Waals surface area contributed by atoms with Crippen LogP contribution in [0.15, 0.2) is 12.4 Å². The number of carbonyl (C=O) groups excluding carboxylic acids is 1. The summed E-state index contributed by atoms with van der Waals surface area (Å²) in [5.74, 6) is 0.356. The van der Waals surface area contributed by atoms with Crippen LogP contribution in [0.2, 0.25) is 0 Å². The molecule has 0 spiro atoms. The second-order valence-corrected chi connectivity index (χ2v) is 4.35. The number of hydrogen-bond acceptors (Lipinski definition) is 5. The summed E-state index contributed by atoms with van der Waals surface area (Å²) in [6, 6.07) is -0.0139. The van der Waals surface area contributed by atoms with E-state index in [1.165, 1.54) is 6.20 Å². The van der Waals surface area contributed by atoms with Crippen molar-refractivity contribution in [1.82, 2.24) is 15.3 Å². The summed E-state index contributed by atoms with van der Waals surface area (Å²) in [6.45, 7) is 2.73. The highest BCUT2D eigenvalue weighted by atomic mass is 16.5. The molecule has 1 fully saturated rings. The average Bonchev–Trinajstić information content (AvgIpc) is 2.92. The van der Waals surface area contributed by atoms with Crippen molar-refractivity contribution in [3.63, 3.8) is 0 Å². The first kappa shape index (κ1) is 12.8. The van der Waals surface area contributed by atoms with Crippen LogP contribution in [0.25, 0.3) is 0 Å². The van der Waals surface area contributed by atoms with Gasteiger partial charge < -0.3 is 15.4 Å². The van der Waals surface area contributed by atoms with Gasteiger partial charge in [-0.1, -0.05) is 0 Å². The molecule has 18 heavy (non-hydrogen) atoms. The van der Waals surface area contributed by atoms with Gasteiger partial charge in [0.2, 0.25) is 0 Å². The first-order chi connectivity index (χ1) is 8.70. The molecule has 1 aliphatic rings. The van der Waals surface area contributed by atoms with Gasteiger partial charge in [-0.15, -0.1) is 0 Å². The number of hydrogen-bond donors (Lipinski definition) is 2. The van der Waals surface area contributed by atoms with Gasteiger partial charge in [0.1, 0.15) is 11.5 Å². The fourth-order valence-corrected chi connectivity index (χ4v) is 1.97. The standard InChI is InChI=1S/C12H18N4O2/c1-8(10-4-3-5-18-10)15-12(17)9-6-14-7-11(13-2)16-9/h6-8,10H,3-5H2,1-2H3,(H,13,16)(H,15,17). The predicted octanol–water partition coefficient (Wildman–Crippen LogP) is 0.816. The van der Waals surface area contributed by atoms with E-state index in [0.29, 0.717) is 11.5 Å². The lowest BCUT2D eigenvalue weighted by molar-refractivity contribution is 0.0709. The molecule has 1 aromatic rings. The van der Waals surface area contributed by atoms with E-state index in [1.807, 2.05) is 6.92 Å². The van der Waals surface area contributed by atoms with E-state index in [1.54, 1.807) is 13.2 Å². The van der Waals surface area contributed by atoms with E-state index in [2.05, 4.69) is 20.6 Å². The molecule has 0 radical (unpaired) electrons. The Balaban J connectivity index is 1.97. The summed E-state index contributed by atoms with van der Waals surface area (Å²) in [4.78, 5) is 20.1. The Labute approximate surface area is 106 Å². The Kier molecular flexibility index (Phi) is 4.09. The van der Waals surface area contributed by atoms with Gasteiger partial charge in [0.15, 0.2) is 0 Å². The van der Waals surface area contributed by atoms with Crippen LogP contribution in [0, 0.1) is 0 Å². The van der Waals surface area contributed by atoms with Crippen molar-refractivity contribution in [1.29, 1.82) is 0 Å². The van der Waals surface area contributed by atoms with Crippen molar-refractivity contribution >= 4 is 11.7 Å². The van der Waals surface area contributed by atoms with Crippen molar-refractivity contribution in [2.24, 2.45) is 0 Å². The zero-order chi connectivity index (χ0) is 13.0. The Bertz CT molecular complexity index is 418. The van der Waals surface area contributed by atoms with Gasteiger partial charge in [-0.2, -0.15) is 0 Å². The molecule has 1 aliphatic heterocycles. The average molecular weight is 250 g/mol. The van der Waals surface area contributed by atoms with E-state index < -0.39 is 0 Å². The molecule has 0 saturated carbocycles. The van der Waals surface area contributed by atoms with Crippen LogP contribution in [-0.2, 0) is 4.74 Å². The minimum absolute atomic E-state index is 0.0139. The van der Waals surface area contributed by atoms with Crippen LogP contribution < -0.4 is 10.6 Å². The number of ether oxygens (including phenoxy) is 1. The van der Waals surface area contributed by atoms with Crippen molar-refractivity contribution in [2.75, 3.05) is 19.0 Å². The number of aromatic nitrogens is 2. The Morgan fingerprint density at radius 2 is 2.39 bits per heavy atom. The minimum Gasteiger partial charge on any atom is -0.376 e. The number of anilines is 1. The quantitative estimate of drug-likeness (QED) is 0.827. The van der Waals surface area contributed by atoms with Crippen molar-refractivity contribution in [3.05, 3.63) is 18.1 Å². The van der Waals surface area contributed by atoms with Crippen LogP contribution in [-0.4, -0.2) is 41.7 Å². The maximum atomic E-state index is 12.0. The van der Waals surface area contributed by atoms with Gasteiger partial charge in [0.25, 0.3) is 5.91 Å². The zero-order valence-electron chi connectivity index (χ0n) is 10.6. The van der Waals surface area contributed by atoms with E-state index in [4.69, 9.17) is 4.74 Å². The molecule has 1 amide bonds. The summed E-state index contributed by atoms with van der Waals surface area (Å²) < 4.78 is 5.53. The lowest BCUT2D eigenvalue weighted by atomic mass is 10.1. The van der Waals surface area contributed by atoms with Crippen LogP contribution in [0.1, 0.15) is 30.3 Å². The minimum atomic E-state index is -0.220. The SMILES string of the molecule is CNc1cncc(C(=O)NC(C)C2CCCO2)n1. The van der Waals surface area contributed by atoms with E-state index in [0.717, 1.165) is 19.4 Å². The lowest BCUT2D eigenvalue weighted by Gasteiger charge is -2.19. The maximum Gasteiger partial charge on any atom is 0.271 e.